The second kappa shape index (κ2) is 6.96. The fourth-order valence-corrected chi connectivity index (χ4v) is 3.78. The number of carbonyl (C=O) groups excluding carboxylic acids is 1. The van der Waals surface area contributed by atoms with Gasteiger partial charge in [0.1, 0.15) is 5.58 Å². The molecule has 3 aromatic rings. The van der Waals surface area contributed by atoms with Crippen LogP contribution >= 0.6 is 0 Å². The van der Waals surface area contributed by atoms with E-state index >= 15 is 0 Å². The van der Waals surface area contributed by atoms with E-state index in [2.05, 4.69) is 23.5 Å². The predicted molar refractivity (Wildman–Crippen MR) is 104 cm³/mol. The molecule has 0 aliphatic carbocycles. The van der Waals surface area contributed by atoms with E-state index in [4.69, 9.17) is 4.42 Å². The van der Waals surface area contributed by atoms with Crippen molar-refractivity contribution in [2.75, 3.05) is 26.7 Å². The van der Waals surface area contributed by atoms with E-state index in [1.165, 1.54) is 0 Å². The van der Waals surface area contributed by atoms with E-state index in [1.807, 2.05) is 43.1 Å². The highest BCUT2D eigenvalue weighted by Gasteiger charge is 2.21. The van der Waals surface area contributed by atoms with E-state index in [0.29, 0.717) is 5.92 Å². The molecule has 2 heterocycles. The highest BCUT2D eigenvalue weighted by atomic mass is 16.3. The number of furan rings is 1. The first kappa shape index (κ1) is 16.9. The monoisotopic (exact) mass is 348 g/mol. The Bertz CT molecular complexity index is 938. The Hall–Kier alpha value is -2.59. The van der Waals surface area contributed by atoms with Crippen molar-refractivity contribution >= 4 is 16.9 Å². The number of nitrogens with one attached hydrogen (secondary N) is 1. The lowest BCUT2D eigenvalue weighted by Crippen LogP contribution is -2.33. The summed E-state index contributed by atoms with van der Waals surface area (Å²) in [6, 6.07) is 14.2. The van der Waals surface area contributed by atoms with Crippen molar-refractivity contribution < 1.29 is 9.21 Å². The van der Waals surface area contributed by atoms with Gasteiger partial charge >= 0.3 is 0 Å². The third-order valence-electron chi connectivity index (χ3n) is 5.28. The summed E-state index contributed by atoms with van der Waals surface area (Å²) in [5.74, 6) is 0.663. The summed E-state index contributed by atoms with van der Waals surface area (Å²) < 4.78 is 5.41. The lowest BCUT2D eigenvalue weighted by atomic mass is 9.98. The number of carbonyl (C=O) groups is 1. The largest absolute Gasteiger partial charge is 0.464 e. The Morgan fingerprint density at radius 1 is 1.19 bits per heavy atom. The third-order valence-corrected chi connectivity index (χ3v) is 5.28. The number of aryl methyl sites for hydroxylation is 1. The fraction of sp³-hybridized carbons (Fsp3) is 0.318. The van der Waals surface area contributed by atoms with Gasteiger partial charge in [0.25, 0.3) is 5.91 Å². The van der Waals surface area contributed by atoms with Crippen molar-refractivity contribution in [3.8, 4) is 11.1 Å². The molecule has 2 aromatic carbocycles. The average Bonchev–Trinajstić information content (AvgIpc) is 3.31. The molecule has 1 atom stereocenters. The minimum Gasteiger partial charge on any atom is -0.464 e. The normalized spacial score (nSPS) is 16.9. The van der Waals surface area contributed by atoms with Crippen LogP contribution in [0.25, 0.3) is 22.1 Å². The maximum Gasteiger partial charge on any atom is 0.253 e. The molecule has 4 nitrogen and oxygen atoms in total. The van der Waals surface area contributed by atoms with Crippen LogP contribution in [0.15, 0.2) is 53.1 Å². The molecule has 0 saturated carbocycles. The predicted octanol–water partition coefficient (Wildman–Crippen LogP) is 4.09. The Balaban J connectivity index is 1.55. The van der Waals surface area contributed by atoms with Crippen LogP contribution in [0, 0.1) is 12.8 Å². The van der Waals surface area contributed by atoms with Crippen LogP contribution in [0.4, 0.5) is 0 Å². The molecular formula is C22H24N2O2. The zero-order chi connectivity index (χ0) is 18.1. The first-order chi connectivity index (χ1) is 12.6. The topological polar surface area (TPSA) is 45.5 Å². The second-order valence-electron chi connectivity index (χ2n) is 7.25. The zero-order valence-electron chi connectivity index (χ0n) is 15.3. The summed E-state index contributed by atoms with van der Waals surface area (Å²) >= 11 is 0. The first-order valence-electron chi connectivity index (χ1n) is 9.16. The van der Waals surface area contributed by atoms with Gasteiger partial charge in [0, 0.05) is 24.5 Å². The van der Waals surface area contributed by atoms with Crippen LogP contribution in [0.5, 0.6) is 0 Å². The van der Waals surface area contributed by atoms with Crippen LogP contribution < -0.4 is 5.32 Å². The van der Waals surface area contributed by atoms with Gasteiger partial charge in [-0.15, -0.1) is 0 Å². The number of hydrogen-bond donors (Lipinski definition) is 1. The van der Waals surface area contributed by atoms with E-state index in [-0.39, 0.29) is 5.91 Å². The van der Waals surface area contributed by atoms with E-state index < -0.39 is 0 Å². The third kappa shape index (κ3) is 3.25. The van der Waals surface area contributed by atoms with Gasteiger partial charge in [0.05, 0.1) is 6.26 Å². The molecular weight excluding hydrogens is 324 g/mol. The molecule has 4 rings (SSSR count). The summed E-state index contributed by atoms with van der Waals surface area (Å²) in [4.78, 5) is 14.7. The number of rotatable bonds is 4. The standard InChI is InChI=1S/C22H24N2O2/c1-15-11-17(18-4-6-21-19(12-18)8-10-26-21)3-5-20(15)22(25)24(2)14-16-7-9-23-13-16/h3-6,8,10-12,16,23H,7,9,13-14H2,1-2H3/t16-/m1/s1. The van der Waals surface area contributed by atoms with Gasteiger partial charge in [-0.2, -0.15) is 0 Å². The Morgan fingerprint density at radius 2 is 2.00 bits per heavy atom. The number of amides is 1. The lowest BCUT2D eigenvalue weighted by molar-refractivity contribution is 0.0775. The summed E-state index contributed by atoms with van der Waals surface area (Å²) in [7, 11) is 1.90. The van der Waals surface area contributed by atoms with Crippen molar-refractivity contribution in [1.82, 2.24) is 10.2 Å². The highest BCUT2D eigenvalue weighted by molar-refractivity contribution is 5.96. The minimum absolute atomic E-state index is 0.103. The van der Waals surface area contributed by atoms with Gasteiger partial charge in [-0.1, -0.05) is 18.2 Å². The Labute approximate surface area is 153 Å². The number of hydrogen-bond acceptors (Lipinski definition) is 3. The lowest BCUT2D eigenvalue weighted by Gasteiger charge is -2.22. The maximum absolute atomic E-state index is 12.8. The molecule has 0 unspecified atom stereocenters. The molecule has 26 heavy (non-hydrogen) atoms. The van der Waals surface area contributed by atoms with Gasteiger partial charge in [-0.3, -0.25) is 4.79 Å². The molecule has 1 aliphatic heterocycles. The van der Waals surface area contributed by atoms with Gasteiger partial charge < -0.3 is 14.6 Å². The Kier molecular flexibility index (Phi) is 4.51. The quantitative estimate of drug-likeness (QED) is 0.772. The van der Waals surface area contributed by atoms with Crippen LogP contribution in [-0.4, -0.2) is 37.5 Å². The van der Waals surface area contributed by atoms with Crippen molar-refractivity contribution in [2.24, 2.45) is 5.92 Å². The number of nitrogens with zero attached hydrogens (tertiary/aromatic N) is 1. The summed E-state index contributed by atoms with van der Waals surface area (Å²) in [5, 5.41) is 4.45. The summed E-state index contributed by atoms with van der Waals surface area (Å²) in [6.07, 6.45) is 2.85. The Morgan fingerprint density at radius 3 is 2.77 bits per heavy atom. The molecule has 0 bridgehead atoms. The van der Waals surface area contributed by atoms with Crippen molar-refractivity contribution in [3.63, 3.8) is 0 Å². The van der Waals surface area contributed by atoms with Crippen molar-refractivity contribution in [1.29, 1.82) is 0 Å². The average molecular weight is 348 g/mol. The van der Waals surface area contributed by atoms with Crippen molar-refractivity contribution in [3.05, 3.63) is 59.9 Å². The van der Waals surface area contributed by atoms with Crippen LogP contribution in [-0.2, 0) is 0 Å². The van der Waals surface area contributed by atoms with Gasteiger partial charge in [0.2, 0.25) is 0 Å². The fourth-order valence-electron chi connectivity index (χ4n) is 3.78. The van der Waals surface area contributed by atoms with Gasteiger partial charge in [-0.25, -0.2) is 0 Å². The van der Waals surface area contributed by atoms with Gasteiger partial charge in [0.15, 0.2) is 0 Å². The summed E-state index contributed by atoms with van der Waals surface area (Å²) in [6.45, 7) is 4.88. The highest BCUT2D eigenvalue weighted by Crippen LogP contribution is 2.27. The van der Waals surface area contributed by atoms with Crippen LogP contribution in [0.1, 0.15) is 22.3 Å². The summed E-state index contributed by atoms with van der Waals surface area (Å²) in [5.41, 5.74) is 4.93. The minimum atomic E-state index is 0.103. The number of benzene rings is 2. The van der Waals surface area contributed by atoms with Crippen molar-refractivity contribution in [2.45, 2.75) is 13.3 Å². The molecule has 0 spiro atoms. The first-order valence-corrected chi connectivity index (χ1v) is 9.16. The SMILES string of the molecule is Cc1cc(-c2ccc3occc3c2)ccc1C(=O)N(C)C[C@@H]1CCNC1. The molecule has 1 saturated heterocycles. The van der Waals surface area contributed by atoms with Crippen LogP contribution in [0.3, 0.4) is 0 Å². The molecule has 1 amide bonds. The molecule has 0 radical (unpaired) electrons. The maximum atomic E-state index is 12.8. The van der Waals surface area contributed by atoms with E-state index in [1.54, 1.807) is 6.26 Å². The number of fused-ring (bicyclic) bond motifs is 1. The molecule has 1 aromatic heterocycles. The smallest absolute Gasteiger partial charge is 0.253 e. The second-order valence-corrected chi connectivity index (χ2v) is 7.25. The molecule has 1 fully saturated rings. The molecule has 134 valence electrons. The van der Waals surface area contributed by atoms with Crippen LogP contribution in [0.2, 0.25) is 0 Å². The van der Waals surface area contributed by atoms with E-state index in [9.17, 15) is 4.79 Å². The van der Waals surface area contributed by atoms with Gasteiger partial charge in [-0.05, 0) is 73.3 Å². The molecule has 1 N–H and O–H groups in total. The van der Waals surface area contributed by atoms with E-state index in [0.717, 1.165) is 59.3 Å². The molecule has 4 heteroatoms. The molecule has 1 aliphatic rings. The zero-order valence-corrected chi connectivity index (χ0v) is 15.3.